The van der Waals surface area contributed by atoms with E-state index in [-0.39, 0.29) is 0 Å². The van der Waals surface area contributed by atoms with E-state index in [0.717, 1.165) is 27.3 Å². The van der Waals surface area contributed by atoms with E-state index in [2.05, 4.69) is 29.2 Å². The molecule has 0 spiro atoms. The van der Waals surface area contributed by atoms with Crippen molar-refractivity contribution in [1.29, 1.82) is 0 Å². The lowest BCUT2D eigenvalue weighted by Crippen LogP contribution is -2.09. The molecule has 21 heavy (non-hydrogen) atoms. The maximum Gasteiger partial charge on any atom is 0.106 e. The van der Waals surface area contributed by atoms with Crippen LogP contribution in [0.1, 0.15) is 48.0 Å². The van der Waals surface area contributed by atoms with Crippen molar-refractivity contribution in [1.82, 2.24) is 4.98 Å². The van der Waals surface area contributed by atoms with Gasteiger partial charge in [-0.3, -0.25) is 4.98 Å². The molecule has 2 aromatic heterocycles. The number of rotatable bonds is 3. The molecule has 0 bridgehead atoms. The van der Waals surface area contributed by atoms with Crippen LogP contribution in [0.3, 0.4) is 0 Å². The summed E-state index contributed by atoms with van der Waals surface area (Å²) in [6.07, 6.45) is 5.14. The van der Waals surface area contributed by atoms with Gasteiger partial charge in [0.1, 0.15) is 6.10 Å². The molecule has 0 radical (unpaired) electrons. The molecule has 0 saturated heterocycles. The molecule has 1 saturated carbocycles. The Kier molecular flexibility index (Phi) is 3.24. The highest BCUT2D eigenvalue weighted by molar-refractivity contribution is 7.17. The number of benzene rings is 1. The molecule has 1 aromatic carbocycles. The second-order valence-corrected chi connectivity index (χ2v) is 6.72. The molecule has 3 heteroatoms. The van der Waals surface area contributed by atoms with E-state index in [1.54, 1.807) is 17.5 Å². The summed E-state index contributed by atoms with van der Waals surface area (Å²) in [6, 6.07) is 12.5. The molecule has 1 atom stereocenters. The summed E-state index contributed by atoms with van der Waals surface area (Å²) >= 11 is 1.66. The lowest BCUT2D eigenvalue weighted by molar-refractivity contribution is 0.220. The molecule has 1 unspecified atom stereocenters. The average molecular weight is 295 g/mol. The van der Waals surface area contributed by atoms with Crippen LogP contribution in [0.2, 0.25) is 0 Å². The molecule has 2 nitrogen and oxygen atoms in total. The van der Waals surface area contributed by atoms with Crippen LogP contribution in [0.5, 0.6) is 0 Å². The molecule has 4 rings (SSSR count). The molecule has 1 aliphatic carbocycles. The fraction of sp³-hybridized carbons (Fsp3) is 0.278. The van der Waals surface area contributed by atoms with Crippen LogP contribution in [0, 0.1) is 0 Å². The number of hydrogen-bond acceptors (Lipinski definition) is 3. The van der Waals surface area contributed by atoms with Crippen LogP contribution >= 0.6 is 11.3 Å². The summed E-state index contributed by atoms with van der Waals surface area (Å²) in [5, 5.41) is 12.6. The van der Waals surface area contributed by atoms with Gasteiger partial charge in [-0.2, -0.15) is 0 Å². The molecule has 2 heterocycles. The van der Waals surface area contributed by atoms with Crippen LogP contribution in [0.25, 0.3) is 10.2 Å². The largest absolute Gasteiger partial charge is 0.384 e. The normalized spacial score (nSPS) is 16.8. The highest BCUT2D eigenvalue weighted by atomic mass is 32.1. The van der Waals surface area contributed by atoms with Gasteiger partial charge in [0.2, 0.25) is 0 Å². The number of thiophene rings is 1. The third kappa shape index (κ3) is 2.37. The molecule has 3 aromatic rings. The Hall–Kier alpha value is -1.71. The van der Waals surface area contributed by atoms with Gasteiger partial charge in [0.15, 0.2) is 0 Å². The van der Waals surface area contributed by atoms with Crippen molar-refractivity contribution in [3.05, 3.63) is 64.7 Å². The highest BCUT2D eigenvalue weighted by Crippen LogP contribution is 2.37. The smallest absolute Gasteiger partial charge is 0.106 e. The summed E-state index contributed by atoms with van der Waals surface area (Å²) < 4.78 is 1.12. The molecule has 0 amide bonds. The van der Waals surface area contributed by atoms with Crippen LogP contribution in [-0.2, 0) is 0 Å². The van der Waals surface area contributed by atoms with Gasteiger partial charge in [-0.15, -0.1) is 11.3 Å². The van der Waals surface area contributed by atoms with Gasteiger partial charge >= 0.3 is 0 Å². The van der Waals surface area contributed by atoms with Gasteiger partial charge in [-0.25, -0.2) is 0 Å². The molecule has 1 fully saturated rings. The van der Waals surface area contributed by atoms with Crippen molar-refractivity contribution in [2.24, 2.45) is 0 Å². The van der Waals surface area contributed by atoms with Crippen LogP contribution in [0.15, 0.2) is 48.0 Å². The predicted octanol–water partition coefficient (Wildman–Crippen LogP) is 4.65. The highest BCUT2D eigenvalue weighted by Gasteiger charge is 2.20. The minimum atomic E-state index is -0.598. The maximum atomic E-state index is 10.6. The third-order valence-corrected chi connectivity index (χ3v) is 5.32. The second kappa shape index (κ2) is 5.24. The Morgan fingerprint density at radius 1 is 1.10 bits per heavy atom. The van der Waals surface area contributed by atoms with Gasteiger partial charge in [-0.1, -0.05) is 30.7 Å². The number of pyridine rings is 1. The van der Waals surface area contributed by atoms with Crippen LogP contribution in [0.4, 0.5) is 0 Å². The lowest BCUT2D eigenvalue weighted by Gasteiger charge is -2.26. The number of fused-ring (bicyclic) bond motifs is 1. The first-order valence-corrected chi connectivity index (χ1v) is 8.30. The maximum absolute atomic E-state index is 10.6. The fourth-order valence-electron chi connectivity index (χ4n) is 2.90. The summed E-state index contributed by atoms with van der Waals surface area (Å²) in [6.45, 7) is 0. The molecule has 1 N–H and O–H groups in total. The summed E-state index contributed by atoms with van der Waals surface area (Å²) in [7, 11) is 0. The monoisotopic (exact) mass is 295 g/mol. The van der Waals surface area contributed by atoms with Crippen molar-refractivity contribution >= 4 is 21.6 Å². The molecule has 1 aliphatic rings. The zero-order valence-corrected chi connectivity index (χ0v) is 12.5. The average Bonchev–Trinajstić information content (AvgIpc) is 2.93. The molecule has 106 valence electrons. The Bertz CT molecular complexity index is 758. The van der Waals surface area contributed by atoms with Gasteiger partial charge in [0.25, 0.3) is 0 Å². The Morgan fingerprint density at radius 2 is 1.90 bits per heavy atom. The zero-order chi connectivity index (χ0) is 14.2. The lowest BCUT2D eigenvalue weighted by atomic mass is 9.80. The number of hydrogen-bond donors (Lipinski definition) is 1. The van der Waals surface area contributed by atoms with Gasteiger partial charge in [-0.05, 0) is 47.4 Å². The second-order valence-electron chi connectivity index (χ2n) is 5.77. The van der Waals surface area contributed by atoms with Gasteiger partial charge in [0, 0.05) is 11.8 Å². The number of aliphatic hydroxyl groups excluding tert-OH is 1. The van der Waals surface area contributed by atoms with Crippen molar-refractivity contribution in [3.63, 3.8) is 0 Å². The van der Waals surface area contributed by atoms with E-state index in [9.17, 15) is 5.11 Å². The van der Waals surface area contributed by atoms with Crippen LogP contribution in [-0.4, -0.2) is 10.1 Å². The first-order chi connectivity index (χ1) is 10.3. The topological polar surface area (TPSA) is 33.1 Å². The van der Waals surface area contributed by atoms with Crippen molar-refractivity contribution in [2.75, 3.05) is 0 Å². The predicted molar refractivity (Wildman–Crippen MR) is 86.7 cm³/mol. The van der Waals surface area contributed by atoms with E-state index < -0.39 is 6.10 Å². The number of nitrogens with zero attached hydrogens (tertiary/aromatic N) is 1. The Labute approximate surface area is 128 Å². The quantitative estimate of drug-likeness (QED) is 0.763. The van der Waals surface area contributed by atoms with Crippen molar-refractivity contribution < 1.29 is 5.11 Å². The molecular weight excluding hydrogens is 278 g/mol. The third-order valence-electron chi connectivity index (χ3n) is 4.47. The SMILES string of the molecule is OC(c1ccc(C2CCC2)cc1)c1cnc2ccsc2c1. The standard InChI is InChI=1S/C18H17NOS/c20-18(15-10-17-16(19-11-15)8-9-21-17)14-6-4-13(5-7-14)12-2-1-3-12/h4-12,18,20H,1-3H2. The number of aromatic nitrogens is 1. The van der Waals surface area contributed by atoms with Crippen LogP contribution < -0.4 is 0 Å². The van der Waals surface area contributed by atoms with E-state index in [1.165, 1.54) is 24.8 Å². The van der Waals surface area contributed by atoms with E-state index in [1.807, 2.05) is 17.5 Å². The number of aliphatic hydroxyl groups is 1. The van der Waals surface area contributed by atoms with Gasteiger partial charge in [0.05, 0.1) is 10.2 Å². The van der Waals surface area contributed by atoms with E-state index in [0.29, 0.717) is 0 Å². The molecule has 0 aliphatic heterocycles. The van der Waals surface area contributed by atoms with E-state index in [4.69, 9.17) is 0 Å². The first-order valence-electron chi connectivity index (χ1n) is 7.42. The summed E-state index contributed by atoms with van der Waals surface area (Å²) in [5.41, 5.74) is 4.21. The first kappa shape index (κ1) is 13.0. The van der Waals surface area contributed by atoms with Gasteiger partial charge < -0.3 is 5.11 Å². The van der Waals surface area contributed by atoms with Crippen molar-refractivity contribution in [3.8, 4) is 0 Å². The minimum absolute atomic E-state index is 0.598. The fourth-order valence-corrected chi connectivity index (χ4v) is 3.68. The van der Waals surface area contributed by atoms with Crippen molar-refractivity contribution in [2.45, 2.75) is 31.3 Å². The minimum Gasteiger partial charge on any atom is -0.384 e. The Morgan fingerprint density at radius 3 is 2.62 bits per heavy atom. The zero-order valence-electron chi connectivity index (χ0n) is 11.7. The Balaban J connectivity index is 1.61. The van der Waals surface area contributed by atoms with E-state index >= 15 is 0 Å². The summed E-state index contributed by atoms with van der Waals surface area (Å²) in [5.74, 6) is 0.736. The summed E-state index contributed by atoms with van der Waals surface area (Å²) in [4.78, 5) is 4.41. The molecular formula is C18H17NOS.